The van der Waals surface area contributed by atoms with E-state index in [4.69, 9.17) is 5.02 Å². The quantitative estimate of drug-likeness (QED) is 0.761. The molecule has 16 heavy (non-hydrogen) atoms. The number of hydrogen-bond acceptors (Lipinski definition) is 3. The van der Waals surface area contributed by atoms with Gasteiger partial charge in [0.2, 0.25) is 0 Å². The highest BCUT2D eigenvalue weighted by atomic mass is 32.2. The van der Waals surface area contributed by atoms with Gasteiger partial charge in [-0.2, -0.15) is 0 Å². The zero-order valence-electron chi connectivity index (χ0n) is 9.46. The Kier molecular flexibility index (Phi) is 5.02. The Bertz CT molecular complexity index is 400. The van der Waals surface area contributed by atoms with Crippen LogP contribution in [0.15, 0.2) is 30.3 Å². The number of sulfone groups is 1. The molecule has 0 aliphatic carbocycles. The van der Waals surface area contributed by atoms with Crippen LogP contribution in [0.3, 0.4) is 0 Å². The van der Waals surface area contributed by atoms with Gasteiger partial charge in [-0.25, -0.2) is 8.42 Å². The molecule has 0 amide bonds. The fourth-order valence-corrected chi connectivity index (χ4v) is 2.82. The van der Waals surface area contributed by atoms with E-state index < -0.39 is 16.8 Å². The molecule has 0 aliphatic rings. The molecule has 0 radical (unpaired) electrons. The molecule has 3 nitrogen and oxygen atoms in total. The Balaban J connectivity index is 2.42. The smallest absolute Gasteiger partial charge is 0.286 e. The summed E-state index contributed by atoms with van der Waals surface area (Å²) in [6.07, 6.45) is 0.861. The van der Waals surface area contributed by atoms with Gasteiger partial charge in [0.1, 0.15) is 9.84 Å². The summed E-state index contributed by atoms with van der Waals surface area (Å²) >= 11 is 0. The van der Waals surface area contributed by atoms with Crippen LogP contribution in [0, 0.1) is 0 Å². The predicted octanol–water partition coefficient (Wildman–Crippen LogP) is 1.26. The van der Waals surface area contributed by atoms with Gasteiger partial charge in [-0.05, 0) is 18.3 Å². The van der Waals surface area contributed by atoms with Crippen LogP contribution in [0.5, 0.6) is 0 Å². The van der Waals surface area contributed by atoms with Crippen molar-refractivity contribution in [2.45, 2.75) is 19.6 Å². The Hall–Kier alpha value is -0.805. The first-order valence-corrected chi connectivity index (χ1v) is 7.24. The van der Waals surface area contributed by atoms with Crippen molar-refractivity contribution in [3.63, 3.8) is 0 Å². The molecule has 1 aromatic rings. The molecule has 0 saturated heterocycles. The Morgan fingerprint density at radius 2 is 1.81 bits per heavy atom. The van der Waals surface area contributed by atoms with Gasteiger partial charge in [-0.3, -0.25) is 0 Å². The third-order valence-corrected chi connectivity index (χ3v) is 4.08. The van der Waals surface area contributed by atoms with Crippen molar-refractivity contribution >= 4 is 16.8 Å². The van der Waals surface area contributed by atoms with E-state index in [-0.39, 0.29) is 11.5 Å². The summed E-state index contributed by atoms with van der Waals surface area (Å²) < 4.78 is 23.2. The van der Waals surface area contributed by atoms with E-state index in [1.165, 1.54) is 0 Å². The third-order valence-electron chi connectivity index (χ3n) is 2.39. The summed E-state index contributed by atoms with van der Waals surface area (Å²) in [4.78, 5) is 0. The van der Waals surface area contributed by atoms with Gasteiger partial charge in [0.25, 0.3) is 6.92 Å². The lowest BCUT2D eigenvalue weighted by Gasteiger charge is -2.04. The van der Waals surface area contributed by atoms with Crippen LogP contribution in [-0.4, -0.2) is 31.9 Å². The second-order valence-corrected chi connectivity index (χ2v) is 6.33. The maximum atomic E-state index is 11.6. The molecule has 0 unspecified atom stereocenters. The third kappa shape index (κ3) is 5.33. The summed E-state index contributed by atoms with van der Waals surface area (Å²) in [7, 11) is -3.03. The van der Waals surface area contributed by atoms with Crippen molar-refractivity contribution in [2.75, 3.05) is 11.5 Å². The summed E-state index contributed by atoms with van der Waals surface area (Å²) in [5, 5.41) is 9.04. The molecule has 0 spiro atoms. The second-order valence-electron chi connectivity index (χ2n) is 4.03. The molecule has 0 atom stereocenters. The van der Waals surface area contributed by atoms with Crippen molar-refractivity contribution < 1.29 is 13.4 Å². The summed E-state index contributed by atoms with van der Waals surface area (Å²) in [6, 6.07) is 9.55. The lowest BCUT2D eigenvalue weighted by atomic mass is 9.69. The van der Waals surface area contributed by atoms with Gasteiger partial charge in [0.15, 0.2) is 0 Å². The van der Waals surface area contributed by atoms with Crippen LogP contribution in [0.2, 0.25) is 13.1 Å². The zero-order chi connectivity index (χ0) is 12.0. The van der Waals surface area contributed by atoms with Crippen LogP contribution in [0.4, 0.5) is 0 Å². The lowest BCUT2D eigenvalue weighted by molar-refractivity contribution is 0.573. The average molecular weight is 240 g/mol. The Morgan fingerprint density at radius 3 is 2.38 bits per heavy atom. The first-order valence-electron chi connectivity index (χ1n) is 5.42. The first kappa shape index (κ1) is 13.3. The average Bonchev–Trinajstić information content (AvgIpc) is 2.26. The minimum atomic E-state index is -3.03. The van der Waals surface area contributed by atoms with Gasteiger partial charge in [0, 0.05) is 5.75 Å². The molecule has 0 aromatic heterocycles. The highest BCUT2D eigenvalue weighted by molar-refractivity contribution is 7.91. The molecule has 0 saturated carbocycles. The van der Waals surface area contributed by atoms with Crippen LogP contribution >= 0.6 is 0 Å². The maximum absolute atomic E-state index is 11.6. The van der Waals surface area contributed by atoms with E-state index in [1.807, 2.05) is 30.3 Å². The highest BCUT2D eigenvalue weighted by Gasteiger charge is 2.13. The fourth-order valence-electron chi connectivity index (χ4n) is 1.37. The van der Waals surface area contributed by atoms with Crippen molar-refractivity contribution in [3.8, 4) is 0 Å². The Morgan fingerprint density at radius 1 is 1.19 bits per heavy atom. The number of benzene rings is 1. The molecular weight excluding hydrogens is 223 g/mol. The number of rotatable bonds is 6. The Labute approximate surface area is 97.5 Å². The van der Waals surface area contributed by atoms with Crippen LogP contribution < -0.4 is 0 Å². The summed E-state index contributed by atoms with van der Waals surface area (Å²) in [6.45, 7) is 1.05. The van der Waals surface area contributed by atoms with Gasteiger partial charge in [0.05, 0.1) is 5.75 Å². The van der Waals surface area contributed by atoms with Crippen LogP contribution in [0.1, 0.15) is 5.56 Å². The maximum Gasteiger partial charge on any atom is 0.286 e. The van der Waals surface area contributed by atoms with Crippen LogP contribution in [0.25, 0.3) is 0 Å². The molecule has 1 N–H and O–H groups in total. The van der Waals surface area contributed by atoms with Gasteiger partial charge >= 0.3 is 0 Å². The van der Waals surface area contributed by atoms with Crippen molar-refractivity contribution in [3.05, 3.63) is 35.9 Å². The SMILES string of the molecule is CB(O)CCS(=O)(=O)CCc1ccccc1. The molecule has 0 aliphatic heterocycles. The van der Waals surface area contributed by atoms with E-state index in [9.17, 15) is 8.42 Å². The molecule has 1 rings (SSSR count). The van der Waals surface area contributed by atoms with Gasteiger partial charge in [-0.15, -0.1) is 0 Å². The molecular formula is C11H17BO3S. The first-order chi connectivity index (χ1) is 7.49. The normalized spacial score (nSPS) is 11.4. The van der Waals surface area contributed by atoms with Crippen molar-refractivity contribution in [1.29, 1.82) is 0 Å². The van der Waals surface area contributed by atoms with E-state index in [1.54, 1.807) is 6.82 Å². The zero-order valence-corrected chi connectivity index (χ0v) is 10.3. The standard InChI is InChI=1S/C11H17BO3S/c1-12(13)8-10-16(14,15)9-7-11-5-3-2-4-6-11/h2-6,13H,7-10H2,1H3. The molecule has 0 fully saturated rings. The predicted molar refractivity (Wildman–Crippen MR) is 67.4 cm³/mol. The highest BCUT2D eigenvalue weighted by Crippen LogP contribution is 2.04. The molecule has 0 heterocycles. The minimum Gasteiger partial charge on any atom is -0.451 e. The fraction of sp³-hybridized carbons (Fsp3) is 0.455. The monoisotopic (exact) mass is 240 g/mol. The summed E-state index contributed by atoms with van der Waals surface area (Å²) in [5.41, 5.74) is 1.03. The lowest BCUT2D eigenvalue weighted by Crippen LogP contribution is -2.18. The number of aryl methyl sites for hydroxylation is 1. The van der Waals surface area contributed by atoms with E-state index in [0.717, 1.165) is 5.56 Å². The van der Waals surface area contributed by atoms with E-state index in [0.29, 0.717) is 12.7 Å². The molecule has 88 valence electrons. The van der Waals surface area contributed by atoms with E-state index in [2.05, 4.69) is 0 Å². The molecule has 0 bridgehead atoms. The topological polar surface area (TPSA) is 54.4 Å². The minimum absolute atomic E-state index is 0.0670. The second kappa shape index (κ2) is 6.06. The largest absolute Gasteiger partial charge is 0.451 e. The van der Waals surface area contributed by atoms with Crippen molar-refractivity contribution in [2.24, 2.45) is 0 Å². The van der Waals surface area contributed by atoms with Crippen molar-refractivity contribution in [1.82, 2.24) is 0 Å². The summed E-state index contributed by atoms with van der Waals surface area (Å²) in [5.74, 6) is 0.223. The van der Waals surface area contributed by atoms with Crippen LogP contribution in [-0.2, 0) is 16.3 Å². The van der Waals surface area contributed by atoms with Gasteiger partial charge in [-0.1, -0.05) is 37.2 Å². The molecule has 1 aromatic carbocycles. The molecule has 5 heteroatoms. The van der Waals surface area contributed by atoms with Gasteiger partial charge < -0.3 is 5.02 Å². The number of hydrogen-bond donors (Lipinski definition) is 1. The van der Waals surface area contributed by atoms with E-state index >= 15 is 0 Å².